The van der Waals surface area contributed by atoms with Gasteiger partial charge in [0.2, 0.25) is 0 Å². The number of rotatable bonds is 5. The van der Waals surface area contributed by atoms with Crippen LogP contribution in [0.1, 0.15) is 31.2 Å². The van der Waals surface area contributed by atoms with Crippen molar-refractivity contribution in [2.75, 3.05) is 13.1 Å². The van der Waals surface area contributed by atoms with Gasteiger partial charge >= 0.3 is 5.97 Å². The molecule has 2 rings (SSSR count). The highest BCUT2D eigenvalue weighted by Crippen LogP contribution is 2.26. The van der Waals surface area contributed by atoms with Gasteiger partial charge in [-0.25, -0.2) is 0 Å². The van der Waals surface area contributed by atoms with Crippen LogP contribution in [0.5, 0.6) is 0 Å². The minimum absolute atomic E-state index is 0.283. The van der Waals surface area contributed by atoms with Gasteiger partial charge in [0.25, 0.3) is 0 Å². The Balaban J connectivity index is 1.88. The molecule has 1 aromatic rings. The molecule has 20 heavy (non-hydrogen) atoms. The maximum atomic E-state index is 10.7. The molecule has 1 aliphatic rings. The Bertz CT molecular complexity index is 481. The van der Waals surface area contributed by atoms with Crippen molar-refractivity contribution in [3.63, 3.8) is 0 Å². The van der Waals surface area contributed by atoms with Crippen molar-refractivity contribution < 1.29 is 9.90 Å². The van der Waals surface area contributed by atoms with Crippen LogP contribution in [-0.4, -0.2) is 29.1 Å². The summed E-state index contributed by atoms with van der Waals surface area (Å²) in [6, 6.07) is 6.02. The standard InChI is InChI=1S/C15H19BrClNO2/c16-13-8-12(3-5-14(13)17)10-18-7-1-2-11(9-18)4-6-15(19)20/h3,5,8,11H,1-2,4,6-7,9-10H2,(H,19,20). The number of carboxylic acid groups (broad SMARTS) is 1. The van der Waals surface area contributed by atoms with Crippen LogP contribution in [0.4, 0.5) is 0 Å². The van der Waals surface area contributed by atoms with E-state index in [9.17, 15) is 4.79 Å². The SMILES string of the molecule is O=C(O)CCC1CCCN(Cc2ccc(Cl)c(Br)c2)C1. The van der Waals surface area contributed by atoms with Crippen molar-refractivity contribution in [3.05, 3.63) is 33.3 Å². The van der Waals surface area contributed by atoms with Gasteiger partial charge in [-0.2, -0.15) is 0 Å². The van der Waals surface area contributed by atoms with Crippen molar-refractivity contribution in [2.45, 2.75) is 32.2 Å². The fraction of sp³-hybridized carbons (Fsp3) is 0.533. The predicted molar refractivity (Wildman–Crippen MR) is 84.0 cm³/mol. The molecule has 0 amide bonds. The highest BCUT2D eigenvalue weighted by atomic mass is 79.9. The van der Waals surface area contributed by atoms with E-state index in [2.05, 4.69) is 26.9 Å². The molecule has 1 heterocycles. The first kappa shape index (κ1) is 15.8. The quantitative estimate of drug-likeness (QED) is 0.856. The van der Waals surface area contributed by atoms with Crippen LogP contribution in [0.15, 0.2) is 22.7 Å². The van der Waals surface area contributed by atoms with Crippen LogP contribution in [0.2, 0.25) is 5.02 Å². The van der Waals surface area contributed by atoms with Gasteiger partial charge in [0.05, 0.1) is 5.02 Å². The summed E-state index contributed by atoms with van der Waals surface area (Å²) >= 11 is 9.45. The summed E-state index contributed by atoms with van der Waals surface area (Å²) in [6.45, 7) is 2.98. The average Bonchev–Trinajstić information content (AvgIpc) is 2.41. The van der Waals surface area contributed by atoms with Crippen LogP contribution in [0.25, 0.3) is 0 Å². The molecule has 1 atom stereocenters. The second-order valence-corrected chi connectivity index (χ2v) is 6.69. The summed E-state index contributed by atoms with van der Waals surface area (Å²) in [6.07, 6.45) is 3.37. The summed E-state index contributed by atoms with van der Waals surface area (Å²) in [7, 11) is 0. The van der Waals surface area contributed by atoms with Gasteiger partial charge in [0.1, 0.15) is 0 Å². The summed E-state index contributed by atoms with van der Waals surface area (Å²) < 4.78 is 0.927. The molecule has 110 valence electrons. The van der Waals surface area contributed by atoms with E-state index >= 15 is 0 Å². The van der Waals surface area contributed by atoms with Gasteiger partial charge < -0.3 is 5.11 Å². The molecule has 1 N–H and O–H groups in total. The largest absolute Gasteiger partial charge is 0.481 e. The van der Waals surface area contributed by atoms with Crippen molar-refractivity contribution in [2.24, 2.45) is 5.92 Å². The normalized spacial score (nSPS) is 20.0. The molecule has 0 radical (unpaired) electrons. The zero-order valence-corrected chi connectivity index (χ0v) is 13.7. The van der Waals surface area contributed by atoms with Crippen LogP contribution in [-0.2, 0) is 11.3 Å². The minimum atomic E-state index is -0.691. The topological polar surface area (TPSA) is 40.5 Å². The number of nitrogens with zero attached hydrogens (tertiary/aromatic N) is 1. The van der Waals surface area contributed by atoms with Crippen LogP contribution in [0, 0.1) is 5.92 Å². The van der Waals surface area contributed by atoms with Crippen LogP contribution < -0.4 is 0 Å². The first-order valence-corrected chi connectivity index (χ1v) is 8.10. The number of likely N-dealkylation sites (tertiary alicyclic amines) is 1. The number of piperidine rings is 1. The van der Waals surface area contributed by atoms with Gasteiger partial charge in [-0.15, -0.1) is 0 Å². The molecule has 0 spiro atoms. The zero-order valence-electron chi connectivity index (χ0n) is 11.3. The van der Waals surface area contributed by atoms with E-state index in [0.29, 0.717) is 5.92 Å². The second-order valence-electron chi connectivity index (χ2n) is 5.42. The molecule has 1 saturated heterocycles. The highest BCUT2D eigenvalue weighted by molar-refractivity contribution is 9.10. The summed E-state index contributed by atoms with van der Waals surface area (Å²) in [5, 5.41) is 9.50. The van der Waals surface area contributed by atoms with Gasteiger partial charge in [-0.1, -0.05) is 17.7 Å². The fourth-order valence-electron chi connectivity index (χ4n) is 2.75. The summed E-state index contributed by atoms with van der Waals surface area (Å²) in [5.74, 6) is -0.181. The lowest BCUT2D eigenvalue weighted by atomic mass is 9.93. The zero-order chi connectivity index (χ0) is 14.5. The van der Waals surface area contributed by atoms with E-state index in [4.69, 9.17) is 16.7 Å². The minimum Gasteiger partial charge on any atom is -0.481 e. The number of benzene rings is 1. The third-order valence-corrected chi connectivity index (χ3v) is 4.97. The van der Waals surface area contributed by atoms with E-state index in [0.717, 1.165) is 48.4 Å². The van der Waals surface area contributed by atoms with Gasteiger partial charge in [0.15, 0.2) is 0 Å². The first-order chi connectivity index (χ1) is 9.54. The summed E-state index contributed by atoms with van der Waals surface area (Å²) in [5.41, 5.74) is 1.24. The van der Waals surface area contributed by atoms with Crippen molar-refractivity contribution >= 4 is 33.5 Å². The van der Waals surface area contributed by atoms with Gasteiger partial charge in [-0.05, 0) is 65.4 Å². The van der Waals surface area contributed by atoms with Crippen molar-refractivity contribution in [1.29, 1.82) is 0 Å². The Labute approximate surface area is 133 Å². The third-order valence-electron chi connectivity index (χ3n) is 3.76. The molecule has 1 unspecified atom stereocenters. The van der Waals surface area contributed by atoms with Gasteiger partial charge in [0, 0.05) is 24.0 Å². The number of carbonyl (C=O) groups is 1. The lowest BCUT2D eigenvalue weighted by Crippen LogP contribution is -2.35. The Morgan fingerprint density at radius 3 is 3.00 bits per heavy atom. The van der Waals surface area contributed by atoms with E-state index in [-0.39, 0.29) is 6.42 Å². The van der Waals surface area contributed by atoms with E-state index in [1.54, 1.807) is 0 Å². The highest BCUT2D eigenvalue weighted by Gasteiger charge is 2.20. The van der Waals surface area contributed by atoms with Gasteiger partial charge in [-0.3, -0.25) is 9.69 Å². The van der Waals surface area contributed by atoms with Crippen LogP contribution >= 0.6 is 27.5 Å². The Hall–Kier alpha value is -0.580. The Morgan fingerprint density at radius 2 is 2.30 bits per heavy atom. The Kier molecular flexibility index (Phi) is 5.87. The third kappa shape index (κ3) is 4.76. The molecular formula is C15H19BrClNO2. The molecule has 1 aliphatic heterocycles. The molecule has 1 aromatic carbocycles. The van der Waals surface area contributed by atoms with E-state index < -0.39 is 5.97 Å². The molecule has 0 aliphatic carbocycles. The number of hydrogen-bond donors (Lipinski definition) is 1. The van der Waals surface area contributed by atoms with Crippen molar-refractivity contribution in [3.8, 4) is 0 Å². The lowest BCUT2D eigenvalue weighted by Gasteiger charge is -2.32. The lowest BCUT2D eigenvalue weighted by molar-refractivity contribution is -0.137. The monoisotopic (exact) mass is 359 g/mol. The Morgan fingerprint density at radius 1 is 1.50 bits per heavy atom. The van der Waals surface area contributed by atoms with E-state index in [1.807, 2.05) is 12.1 Å². The van der Waals surface area contributed by atoms with E-state index in [1.165, 1.54) is 5.56 Å². The summed E-state index contributed by atoms with van der Waals surface area (Å²) in [4.78, 5) is 13.1. The second kappa shape index (κ2) is 7.43. The number of halogens is 2. The number of aliphatic carboxylic acids is 1. The van der Waals surface area contributed by atoms with Crippen LogP contribution in [0.3, 0.4) is 0 Å². The molecule has 5 heteroatoms. The number of carboxylic acids is 1. The predicted octanol–water partition coefficient (Wildman–Crippen LogP) is 4.18. The average molecular weight is 361 g/mol. The fourth-order valence-corrected chi connectivity index (χ4v) is 3.30. The molecule has 3 nitrogen and oxygen atoms in total. The molecular weight excluding hydrogens is 342 g/mol. The maximum absolute atomic E-state index is 10.7. The number of hydrogen-bond acceptors (Lipinski definition) is 2. The van der Waals surface area contributed by atoms with Crippen molar-refractivity contribution in [1.82, 2.24) is 4.90 Å². The molecule has 1 fully saturated rings. The smallest absolute Gasteiger partial charge is 0.303 e. The first-order valence-electron chi connectivity index (χ1n) is 6.92. The maximum Gasteiger partial charge on any atom is 0.303 e. The molecule has 0 saturated carbocycles. The molecule has 0 bridgehead atoms. The molecule has 0 aromatic heterocycles.